The smallest absolute Gasteiger partial charge is 0.237 e. The molecule has 1 aliphatic carbocycles. The van der Waals surface area contributed by atoms with E-state index in [1.54, 1.807) is 0 Å². The number of fused-ring (bicyclic) bond motifs is 3. The summed E-state index contributed by atoms with van der Waals surface area (Å²) < 4.78 is 5.46. The Kier molecular flexibility index (Phi) is 3.51. The van der Waals surface area contributed by atoms with Crippen molar-refractivity contribution in [3.63, 3.8) is 0 Å². The molecule has 1 aromatic heterocycles. The van der Waals surface area contributed by atoms with Crippen molar-refractivity contribution in [2.24, 2.45) is 0 Å². The Bertz CT molecular complexity index is 521. The summed E-state index contributed by atoms with van der Waals surface area (Å²) in [4.78, 5) is 21.7. The summed E-state index contributed by atoms with van der Waals surface area (Å²) >= 11 is 0. The minimum Gasteiger partial charge on any atom is -0.338 e. The summed E-state index contributed by atoms with van der Waals surface area (Å²) in [6, 6.07) is 0.242. The number of nitrogens with zero attached hydrogens (tertiary/aromatic N) is 4. The number of ketones is 1. The average Bonchev–Trinajstić information content (AvgIpc) is 2.91. The van der Waals surface area contributed by atoms with Gasteiger partial charge in [-0.1, -0.05) is 18.0 Å². The van der Waals surface area contributed by atoms with Crippen LogP contribution in [0.25, 0.3) is 0 Å². The predicted octanol–water partition coefficient (Wildman–Crippen LogP) is 1.36. The van der Waals surface area contributed by atoms with Gasteiger partial charge in [-0.25, -0.2) is 0 Å². The SMILES string of the molecule is O=C1CCCCCC1c1nc(C2CN3CCN2CC3)no1. The standard InChI is InChI=1S/C15H22N4O2/c20-13-5-3-1-2-4-11(13)15-16-14(17-21-15)12-10-18-6-8-19(12)9-7-18/h11-12H,1-10H2. The van der Waals surface area contributed by atoms with Crippen LogP contribution in [-0.4, -0.2) is 58.4 Å². The van der Waals surface area contributed by atoms with E-state index in [0.717, 1.165) is 64.2 Å². The Morgan fingerprint density at radius 1 is 1.10 bits per heavy atom. The highest BCUT2D eigenvalue weighted by molar-refractivity contribution is 5.84. The van der Waals surface area contributed by atoms with Crippen molar-refractivity contribution < 1.29 is 9.32 Å². The molecule has 4 heterocycles. The van der Waals surface area contributed by atoms with E-state index in [4.69, 9.17) is 4.52 Å². The van der Waals surface area contributed by atoms with Crippen LogP contribution in [0.4, 0.5) is 0 Å². The maximum Gasteiger partial charge on any atom is 0.237 e. The Hall–Kier alpha value is -1.27. The molecule has 4 fully saturated rings. The number of rotatable bonds is 2. The molecule has 2 atom stereocenters. The lowest BCUT2D eigenvalue weighted by molar-refractivity contribution is -0.120. The summed E-state index contributed by atoms with van der Waals surface area (Å²) in [7, 11) is 0. The largest absolute Gasteiger partial charge is 0.338 e. The van der Waals surface area contributed by atoms with Crippen molar-refractivity contribution in [2.45, 2.75) is 44.1 Å². The highest BCUT2D eigenvalue weighted by Crippen LogP contribution is 2.31. The zero-order chi connectivity index (χ0) is 14.2. The van der Waals surface area contributed by atoms with Gasteiger partial charge in [-0.05, 0) is 12.8 Å². The summed E-state index contributed by atoms with van der Waals surface area (Å²) in [5, 5.41) is 4.19. The molecular weight excluding hydrogens is 268 g/mol. The van der Waals surface area contributed by atoms with Crippen LogP contribution in [0.3, 0.4) is 0 Å². The van der Waals surface area contributed by atoms with Gasteiger partial charge in [0.1, 0.15) is 5.78 Å². The molecule has 1 aromatic rings. The highest BCUT2D eigenvalue weighted by atomic mass is 16.5. The van der Waals surface area contributed by atoms with E-state index < -0.39 is 0 Å². The fourth-order valence-electron chi connectivity index (χ4n) is 3.81. The Labute approximate surface area is 124 Å². The van der Waals surface area contributed by atoms with Gasteiger partial charge in [-0.2, -0.15) is 4.98 Å². The lowest BCUT2D eigenvalue weighted by Gasteiger charge is -2.46. The van der Waals surface area contributed by atoms with E-state index in [9.17, 15) is 4.79 Å². The zero-order valence-corrected chi connectivity index (χ0v) is 12.3. The molecule has 2 bridgehead atoms. The number of hydrogen-bond acceptors (Lipinski definition) is 6. The van der Waals surface area contributed by atoms with Crippen molar-refractivity contribution in [3.8, 4) is 0 Å². The van der Waals surface area contributed by atoms with Gasteiger partial charge >= 0.3 is 0 Å². The molecule has 3 saturated heterocycles. The van der Waals surface area contributed by atoms with Gasteiger partial charge in [0.15, 0.2) is 5.82 Å². The molecule has 6 heteroatoms. The molecule has 6 nitrogen and oxygen atoms in total. The second-order valence-electron chi connectivity index (χ2n) is 6.46. The van der Waals surface area contributed by atoms with E-state index in [-0.39, 0.29) is 17.7 Å². The van der Waals surface area contributed by atoms with E-state index in [0.29, 0.717) is 12.3 Å². The monoisotopic (exact) mass is 290 g/mol. The fraction of sp³-hybridized carbons (Fsp3) is 0.800. The van der Waals surface area contributed by atoms with Gasteiger partial charge in [0.05, 0.1) is 12.0 Å². The molecule has 0 radical (unpaired) electrons. The molecule has 114 valence electrons. The van der Waals surface area contributed by atoms with Crippen LogP contribution in [0.15, 0.2) is 4.52 Å². The van der Waals surface area contributed by atoms with Gasteiger partial charge < -0.3 is 4.52 Å². The topological polar surface area (TPSA) is 62.5 Å². The minimum absolute atomic E-state index is 0.162. The van der Waals surface area contributed by atoms with Crippen LogP contribution >= 0.6 is 0 Å². The number of aromatic nitrogens is 2. The van der Waals surface area contributed by atoms with Crippen LogP contribution in [0, 0.1) is 0 Å². The first-order valence-electron chi connectivity index (χ1n) is 8.14. The third-order valence-corrected chi connectivity index (χ3v) is 5.14. The second-order valence-corrected chi connectivity index (χ2v) is 6.46. The Morgan fingerprint density at radius 3 is 2.71 bits per heavy atom. The van der Waals surface area contributed by atoms with Crippen molar-refractivity contribution in [1.29, 1.82) is 0 Å². The molecule has 0 aromatic carbocycles. The van der Waals surface area contributed by atoms with Crippen LogP contribution in [-0.2, 0) is 4.79 Å². The number of Topliss-reactive ketones (excluding diaryl/α,β-unsaturated/α-hetero) is 1. The third kappa shape index (κ3) is 2.51. The third-order valence-electron chi connectivity index (χ3n) is 5.14. The first-order chi connectivity index (χ1) is 10.3. The van der Waals surface area contributed by atoms with Gasteiger partial charge in [0.25, 0.3) is 0 Å². The summed E-state index contributed by atoms with van der Waals surface area (Å²) in [6.07, 6.45) is 4.74. The van der Waals surface area contributed by atoms with Crippen molar-refractivity contribution in [1.82, 2.24) is 19.9 Å². The minimum atomic E-state index is -0.162. The molecular formula is C15H22N4O2. The number of carbonyl (C=O) groups is 1. The molecule has 0 spiro atoms. The number of carbonyl (C=O) groups excluding carboxylic acids is 1. The van der Waals surface area contributed by atoms with E-state index >= 15 is 0 Å². The normalized spacial score (nSPS) is 36.7. The van der Waals surface area contributed by atoms with Crippen LogP contribution in [0.2, 0.25) is 0 Å². The van der Waals surface area contributed by atoms with E-state index in [1.807, 2.05) is 0 Å². The number of piperazine rings is 3. The maximum atomic E-state index is 12.2. The van der Waals surface area contributed by atoms with Crippen molar-refractivity contribution in [3.05, 3.63) is 11.7 Å². The van der Waals surface area contributed by atoms with Gasteiger partial charge in [-0.3, -0.25) is 14.6 Å². The Balaban J connectivity index is 1.54. The van der Waals surface area contributed by atoms with Gasteiger partial charge in [-0.15, -0.1) is 0 Å². The maximum absolute atomic E-state index is 12.2. The molecule has 2 unspecified atom stereocenters. The summed E-state index contributed by atoms with van der Waals surface area (Å²) in [5.41, 5.74) is 0. The predicted molar refractivity (Wildman–Crippen MR) is 75.9 cm³/mol. The average molecular weight is 290 g/mol. The number of hydrogen-bond donors (Lipinski definition) is 0. The lowest BCUT2D eigenvalue weighted by atomic mass is 9.99. The molecule has 0 N–H and O–H groups in total. The van der Waals surface area contributed by atoms with E-state index in [1.165, 1.54) is 0 Å². The van der Waals surface area contributed by atoms with E-state index in [2.05, 4.69) is 19.9 Å². The molecule has 5 rings (SSSR count). The fourth-order valence-corrected chi connectivity index (χ4v) is 3.81. The van der Waals surface area contributed by atoms with Crippen LogP contribution in [0.1, 0.15) is 55.8 Å². The molecule has 0 amide bonds. The van der Waals surface area contributed by atoms with Gasteiger partial charge in [0, 0.05) is 39.1 Å². The summed E-state index contributed by atoms with van der Waals surface area (Å²) in [5.74, 6) is 1.43. The van der Waals surface area contributed by atoms with Gasteiger partial charge in [0.2, 0.25) is 5.89 Å². The quantitative estimate of drug-likeness (QED) is 0.766. The lowest BCUT2D eigenvalue weighted by Crippen LogP contribution is -2.57. The highest BCUT2D eigenvalue weighted by Gasteiger charge is 2.36. The zero-order valence-electron chi connectivity index (χ0n) is 12.3. The molecule has 4 aliphatic rings. The first kappa shape index (κ1) is 13.4. The molecule has 1 saturated carbocycles. The van der Waals surface area contributed by atoms with Crippen LogP contribution in [0.5, 0.6) is 0 Å². The van der Waals surface area contributed by atoms with Crippen molar-refractivity contribution >= 4 is 5.78 Å². The second kappa shape index (κ2) is 5.50. The first-order valence-corrected chi connectivity index (χ1v) is 8.14. The van der Waals surface area contributed by atoms with Crippen LogP contribution < -0.4 is 0 Å². The summed E-state index contributed by atoms with van der Waals surface area (Å²) in [6.45, 7) is 5.43. The Morgan fingerprint density at radius 2 is 1.95 bits per heavy atom. The van der Waals surface area contributed by atoms with Crippen molar-refractivity contribution in [2.75, 3.05) is 32.7 Å². The molecule has 3 aliphatic heterocycles. The molecule has 21 heavy (non-hydrogen) atoms.